The standard InChI is InChI=1S/C4H2O2/c5-4-2-1-3-6-4/h2H2. The number of rotatable bonds is 0. The summed E-state index contributed by atoms with van der Waals surface area (Å²) in [6.07, 6.45) is 2.44. The van der Waals surface area contributed by atoms with Crippen molar-refractivity contribution in [3.63, 3.8) is 0 Å². The second kappa shape index (κ2) is 1.02. The fourth-order valence-corrected chi connectivity index (χ4v) is 0.237. The smallest absolute Gasteiger partial charge is 0.332 e. The van der Waals surface area contributed by atoms with Crippen LogP contribution in [0.5, 0.6) is 0 Å². The molecule has 1 rings (SSSR count). The zero-order valence-electron chi connectivity index (χ0n) is 3.02. The lowest BCUT2D eigenvalue weighted by Gasteiger charge is -1.75. The molecule has 30 valence electrons. The predicted octanol–water partition coefficient (Wildman–Crippen LogP) is -0.106. The molecule has 0 aromatic heterocycles. The van der Waals surface area contributed by atoms with Gasteiger partial charge in [-0.3, -0.25) is 0 Å². The minimum absolute atomic E-state index is 0.264. The molecule has 1 aliphatic rings. The van der Waals surface area contributed by atoms with Gasteiger partial charge in [-0.05, 0) is 5.92 Å². The van der Waals surface area contributed by atoms with Gasteiger partial charge in [0.1, 0.15) is 12.5 Å². The molecule has 0 atom stereocenters. The Morgan fingerprint density at radius 1 is 1.83 bits per heavy atom. The molecular formula is C4H2O2. The molecule has 0 aliphatic carbocycles. The number of esters is 1. The lowest BCUT2D eigenvalue weighted by atomic mass is 10.5. The van der Waals surface area contributed by atoms with Crippen LogP contribution in [0.1, 0.15) is 6.42 Å². The first-order chi connectivity index (χ1) is 2.89. The van der Waals surface area contributed by atoms with Gasteiger partial charge in [-0.25, -0.2) is 4.79 Å². The first kappa shape index (κ1) is 3.23. The maximum absolute atomic E-state index is 9.90. The highest BCUT2D eigenvalue weighted by atomic mass is 16.5. The summed E-state index contributed by atoms with van der Waals surface area (Å²) in [5.74, 6) is 2.18. The Bertz CT molecular complexity index is 114. The topological polar surface area (TPSA) is 26.3 Å². The third-order valence-corrected chi connectivity index (χ3v) is 0.470. The van der Waals surface area contributed by atoms with Crippen LogP contribution in [0, 0.1) is 12.0 Å². The Kier molecular flexibility index (Phi) is 0.548. The first-order valence-corrected chi connectivity index (χ1v) is 1.57. The molecule has 0 N–H and O–H groups in total. The summed E-state index contributed by atoms with van der Waals surface area (Å²) in [7, 11) is 0. The third kappa shape index (κ3) is 0.343. The van der Waals surface area contributed by atoms with E-state index in [0.717, 1.165) is 0 Å². The van der Waals surface area contributed by atoms with Crippen molar-refractivity contribution in [2.75, 3.05) is 0 Å². The summed E-state index contributed by atoms with van der Waals surface area (Å²) in [5, 5.41) is 0. The average molecular weight is 82.1 g/mol. The van der Waals surface area contributed by atoms with Gasteiger partial charge in [-0.2, -0.15) is 0 Å². The van der Waals surface area contributed by atoms with E-state index in [9.17, 15) is 4.79 Å². The van der Waals surface area contributed by atoms with E-state index < -0.39 is 0 Å². The van der Waals surface area contributed by atoms with Crippen LogP contribution in [0.15, 0.2) is 0 Å². The largest absolute Gasteiger partial charge is 0.371 e. The minimum Gasteiger partial charge on any atom is -0.371 e. The molecular weight excluding hydrogens is 80.0 g/mol. The quantitative estimate of drug-likeness (QED) is 0.301. The Labute approximate surface area is 35.1 Å². The third-order valence-electron chi connectivity index (χ3n) is 0.470. The van der Waals surface area contributed by atoms with Gasteiger partial charge in [0.15, 0.2) is 0 Å². The van der Waals surface area contributed by atoms with Crippen molar-refractivity contribution in [1.29, 1.82) is 0 Å². The van der Waals surface area contributed by atoms with E-state index in [1.807, 2.05) is 0 Å². The molecule has 2 nitrogen and oxygen atoms in total. The molecule has 0 spiro atoms. The molecule has 0 saturated carbocycles. The zero-order chi connectivity index (χ0) is 4.41. The van der Waals surface area contributed by atoms with Crippen LogP contribution in [0.2, 0.25) is 0 Å². The molecule has 0 saturated heterocycles. The summed E-state index contributed by atoms with van der Waals surface area (Å²) in [5.41, 5.74) is 0. The van der Waals surface area contributed by atoms with Crippen molar-refractivity contribution in [3.05, 3.63) is 0 Å². The molecule has 0 radical (unpaired) electrons. The van der Waals surface area contributed by atoms with E-state index in [1.54, 1.807) is 0 Å². The molecule has 0 bridgehead atoms. The first-order valence-electron chi connectivity index (χ1n) is 1.57. The van der Waals surface area contributed by atoms with Gasteiger partial charge in [0.2, 0.25) is 0 Å². The molecule has 0 amide bonds. The Hall–Kier alpha value is -0.970. The summed E-state index contributed by atoms with van der Waals surface area (Å²) < 4.78 is 4.15. The van der Waals surface area contributed by atoms with Gasteiger partial charge < -0.3 is 4.74 Å². The Morgan fingerprint density at radius 3 is 2.83 bits per heavy atom. The van der Waals surface area contributed by atoms with E-state index in [4.69, 9.17) is 0 Å². The van der Waals surface area contributed by atoms with E-state index >= 15 is 0 Å². The van der Waals surface area contributed by atoms with E-state index in [2.05, 4.69) is 16.8 Å². The van der Waals surface area contributed by atoms with Gasteiger partial charge in [-0.1, -0.05) is 0 Å². The number of carbonyl (C=O) groups excluding carboxylic acids is 1. The highest BCUT2D eigenvalue weighted by Crippen LogP contribution is 1.87. The summed E-state index contributed by atoms with van der Waals surface area (Å²) >= 11 is 0. The fourth-order valence-electron chi connectivity index (χ4n) is 0.237. The summed E-state index contributed by atoms with van der Waals surface area (Å²) in [6, 6.07) is 0. The molecule has 0 aromatic rings. The van der Waals surface area contributed by atoms with Crippen molar-refractivity contribution in [2.45, 2.75) is 6.42 Å². The summed E-state index contributed by atoms with van der Waals surface area (Å²) in [4.78, 5) is 9.90. The minimum atomic E-state index is -0.269. The summed E-state index contributed by atoms with van der Waals surface area (Å²) in [6.45, 7) is 0. The molecule has 1 heterocycles. The molecule has 1 aliphatic heterocycles. The zero-order valence-corrected chi connectivity index (χ0v) is 3.02. The van der Waals surface area contributed by atoms with Crippen LogP contribution >= 0.6 is 0 Å². The molecule has 0 fully saturated rings. The van der Waals surface area contributed by atoms with Gasteiger partial charge in [0, 0.05) is 0 Å². The van der Waals surface area contributed by atoms with Crippen LogP contribution < -0.4 is 0 Å². The van der Waals surface area contributed by atoms with E-state index in [-0.39, 0.29) is 12.4 Å². The van der Waals surface area contributed by atoms with Gasteiger partial charge in [-0.15, -0.1) is 0 Å². The van der Waals surface area contributed by atoms with Crippen molar-refractivity contribution in [2.24, 2.45) is 0 Å². The molecule has 0 unspecified atom stereocenters. The van der Waals surface area contributed by atoms with E-state index in [1.165, 1.54) is 0 Å². The van der Waals surface area contributed by atoms with Crippen LogP contribution in [0.3, 0.4) is 0 Å². The monoisotopic (exact) mass is 82.0 g/mol. The maximum Gasteiger partial charge on any atom is 0.332 e. The Morgan fingerprint density at radius 2 is 2.67 bits per heavy atom. The number of hydrogen-bond acceptors (Lipinski definition) is 2. The van der Waals surface area contributed by atoms with Crippen molar-refractivity contribution in [3.8, 4) is 12.0 Å². The van der Waals surface area contributed by atoms with Crippen LogP contribution in [-0.4, -0.2) is 5.97 Å². The molecule has 0 aromatic carbocycles. The lowest BCUT2D eigenvalue weighted by molar-refractivity contribution is -0.134. The van der Waals surface area contributed by atoms with Crippen LogP contribution in [0.4, 0.5) is 0 Å². The van der Waals surface area contributed by atoms with Crippen LogP contribution in [0.25, 0.3) is 0 Å². The van der Waals surface area contributed by atoms with Gasteiger partial charge in [0.05, 0.1) is 0 Å². The number of ether oxygens (including phenoxy) is 1. The second-order valence-electron chi connectivity index (χ2n) is 0.930. The number of carbonyl (C=O) groups is 1. The highest BCUT2D eigenvalue weighted by molar-refractivity contribution is 5.75. The van der Waals surface area contributed by atoms with Gasteiger partial charge >= 0.3 is 5.97 Å². The van der Waals surface area contributed by atoms with Crippen molar-refractivity contribution < 1.29 is 9.53 Å². The van der Waals surface area contributed by atoms with E-state index in [0.29, 0.717) is 0 Å². The molecule has 2 heteroatoms. The molecule has 6 heavy (non-hydrogen) atoms. The SMILES string of the molecule is O=C1CC#CO1. The lowest BCUT2D eigenvalue weighted by Crippen LogP contribution is -1.89. The maximum atomic E-state index is 9.90. The fraction of sp³-hybridized carbons (Fsp3) is 0.250. The average Bonchev–Trinajstić information content (AvgIpc) is 1.86. The van der Waals surface area contributed by atoms with Crippen molar-refractivity contribution >= 4 is 5.97 Å². The highest BCUT2D eigenvalue weighted by Gasteiger charge is 2.00. The van der Waals surface area contributed by atoms with Gasteiger partial charge in [0.25, 0.3) is 0 Å². The predicted molar refractivity (Wildman–Crippen MR) is 18.5 cm³/mol. The van der Waals surface area contributed by atoms with Crippen LogP contribution in [-0.2, 0) is 9.53 Å². The second-order valence-corrected chi connectivity index (χ2v) is 0.930. The number of hydrogen-bond donors (Lipinski definition) is 0. The number of cyclic esters (lactones) is 1. The Balaban J connectivity index is 2.58. The van der Waals surface area contributed by atoms with Crippen molar-refractivity contribution in [1.82, 2.24) is 0 Å². The normalized spacial score (nSPS) is 15.7.